The number of unbranched alkanes of at least 4 members (excludes halogenated alkanes) is 2. The molecule has 0 aromatic carbocycles. The fourth-order valence-corrected chi connectivity index (χ4v) is 2.80. The van der Waals surface area contributed by atoms with E-state index in [0.29, 0.717) is 5.56 Å². The summed E-state index contributed by atoms with van der Waals surface area (Å²) in [6.07, 6.45) is 12.3. The molecule has 1 aliphatic rings. The zero-order valence-electron chi connectivity index (χ0n) is 12.9. The number of hydrogen-bond acceptors (Lipinski definition) is 3. The molecule has 1 saturated heterocycles. The van der Waals surface area contributed by atoms with Gasteiger partial charge < -0.3 is 10.2 Å². The van der Waals surface area contributed by atoms with Gasteiger partial charge in [0.05, 0.1) is 5.56 Å². The van der Waals surface area contributed by atoms with Crippen LogP contribution in [-0.4, -0.2) is 42.0 Å². The average Bonchev–Trinajstić information content (AvgIpc) is 2.80. The molecule has 1 amide bonds. The summed E-state index contributed by atoms with van der Waals surface area (Å²) in [7, 11) is 0. The van der Waals surface area contributed by atoms with Crippen LogP contribution in [0.15, 0.2) is 24.5 Å². The molecular formula is C17H27N3O. The fraction of sp³-hybridized carbons (Fsp3) is 0.647. The van der Waals surface area contributed by atoms with Crippen molar-refractivity contribution < 1.29 is 4.79 Å². The molecule has 0 bridgehead atoms. The molecule has 4 nitrogen and oxygen atoms in total. The van der Waals surface area contributed by atoms with Crippen LogP contribution in [0.2, 0.25) is 0 Å². The summed E-state index contributed by atoms with van der Waals surface area (Å²) in [5, 5.41) is 2.95. The van der Waals surface area contributed by atoms with Crippen molar-refractivity contribution in [2.45, 2.75) is 44.9 Å². The van der Waals surface area contributed by atoms with E-state index in [9.17, 15) is 4.79 Å². The normalized spacial score (nSPS) is 16.4. The Morgan fingerprint density at radius 2 is 1.95 bits per heavy atom. The molecule has 0 radical (unpaired) electrons. The maximum absolute atomic E-state index is 11.8. The third-order valence-corrected chi connectivity index (χ3v) is 4.06. The lowest BCUT2D eigenvalue weighted by Gasteiger charge is -2.19. The number of rotatable bonds is 7. The molecule has 0 aliphatic carbocycles. The Morgan fingerprint density at radius 3 is 2.67 bits per heavy atom. The van der Waals surface area contributed by atoms with E-state index >= 15 is 0 Å². The highest BCUT2D eigenvalue weighted by Crippen LogP contribution is 2.10. The van der Waals surface area contributed by atoms with Crippen molar-refractivity contribution in [2.75, 3.05) is 26.2 Å². The van der Waals surface area contributed by atoms with Crippen molar-refractivity contribution in [1.29, 1.82) is 0 Å². The summed E-state index contributed by atoms with van der Waals surface area (Å²) in [4.78, 5) is 18.4. The van der Waals surface area contributed by atoms with Gasteiger partial charge in [-0.25, -0.2) is 0 Å². The number of hydrogen-bond donors (Lipinski definition) is 1. The van der Waals surface area contributed by atoms with Crippen LogP contribution in [0.1, 0.15) is 55.3 Å². The molecular weight excluding hydrogens is 262 g/mol. The van der Waals surface area contributed by atoms with Gasteiger partial charge in [0.1, 0.15) is 0 Å². The van der Waals surface area contributed by atoms with E-state index in [1.54, 1.807) is 24.5 Å². The molecule has 1 fully saturated rings. The van der Waals surface area contributed by atoms with Gasteiger partial charge in [-0.2, -0.15) is 0 Å². The van der Waals surface area contributed by atoms with Gasteiger partial charge in [-0.15, -0.1) is 0 Å². The van der Waals surface area contributed by atoms with Crippen molar-refractivity contribution in [3.05, 3.63) is 30.1 Å². The standard InChI is InChI=1S/C17H27N3O/c21-17(16-9-8-10-18-15-16)19-11-4-3-7-14-20-12-5-1-2-6-13-20/h8-10,15H,1-7,11-14H2,(H,19,21). The van der Waals surface area contributed by atoms with Crippen LogP contribution < -0.4 is 5.32 Å². The molecule has 21 heavy (non-hydrogen) atoms. The van der Waals surface area contributed by atoms with E-state index in [4.69, 9.17) is 0 Å². The highest BCUT2D eigenvalue weighted by Gasteiger charge is 2.08. The minimum atomic E-state index is -0.0179. The van der Waals surface area contributed by atoms with E-state index < -0.39 is 0 Å². The van der Waals surface area contributed by atoms with Crippen molar-refractivity contribution >= 4 is 5.91 Å². The fourth-order valence-electron chi connectivity index (χ4n) is 2.80. The summed E-state index contributed by atoms with van der Waals surface area (Å²) >= 11 is 0. The number of amides is 1. The Kier molecular flexibility index (Phi) is 7.22. The maximum Gasteiger partial charge on any atom is 0.252 e. The molecule has 4 heteroatoms. The first-order valence-corrected chi connectivity index (χ1v) is 8.27. The van der Waals surface area contributed by atoms with Gasteiger partial charge in [-0.05, 0) is 57.5 Å². The lowest BCUT2D eigenvalue weighted by Crippen LogP contribution is -2.26. The maximum atomic E-state index is 11.8. The van der Waals surface area contributed by atoms with Gasteiger partial charge in [-0.3, -0.25) is 9.78 Å². The molecule has 2 rings (SSSR count). The monoisotopic (exact) mass is 289 g/mol. The number of pyridine rings is 1. The van der Waals surface area contributed by atoms with Crippen molar-refractivity contribution in [1.82, 2.24) is 15.2 Å². The van der Waals surface area contributed by atoms with Gasteiger partial charge >= 0.3 is 0 Å². The Bertz CT molecular complexity index is 400. The van der Waals surface area contributed by atoms with E-state index in [-0.39, 0.29) is 5.91 Å². The predicted molar refractivity (Wildman–Crippen MR) is 85.3 cm³/mol. The number of carbonyl (C=O) groups is 1. The minimum absolute atomic E-state index is 0.0179. The van der Waals surface area contributed by atoms with Crippen LogP contribution in [0.25, 0.3) is 0 Å². The van der Waals surface area contributed by atoms with E-state index in [1.807, 2.05) is 0 Å². The first-order valence-electron chi connectivity index (χ1n) is 8.27. The molecule has 0 atom stereocenters. The van der Waals surface area contributed by atoms with Gasteiger partial charge in [0, 0.05) is 18.9 Å². The van der Waals surface area contributed by atoms with Crippen molar-refractivity contribution in [3.8, 4) is 0 Å². The number of carbonyl (C=O) groups excluding carboxylic acids is 1. The second kappa shape index (κ2) is 9.50. The van der Waals surface area contributed by atoms with Crippen LogP contribution >= 0.6 is 0 Å². The summed E-state index contributed by atoms with van der Waals surface area (Å²) in [6.45, 7) is 4.53. The Labute approximate surface area is 127 Å². The predicted octanol–water partition coefficient (Wildman–Crippen LogP) is 2.86. The summed E-state index contributed by atoms with van der Waals surface area (Å²) < 4.78 is 0. The van der Waals surface area contributed by atoms with E-state index in [0.717, 1.165) is 13.0 Å². The van der Waals surface area contributed by atoms with Gasteiger partial charge in [-0.1, -0.05) is 19.3 Å². The lowest BCUT2D eigenvalue weighted by molar-refractivity contribution is 0.0952. The number of nitrogens with zero attached hydrogens (tertiary/aromatic N) is 2. The largest absolute Gasteiger partial charge is 0.352 e. The molecule has 116 valence electrons. The number of aromatic nitrogens is 1. The summed E-state index contributed by atoms with van der Waals surface area (Å²) in [5.41, 5.74) is 0.641. The van der Waals surface area contributed by atoms with Crippen LogP contribution in [-0.2, 0) is 0 Å². The Morgan fingerprint density at radius 1 is 1.14 bits per heavy atom. The molecule has 1 aromatic rings. The Balaban J connectivity index is 1.51. The second-order valence-electron chi connectivity index (χ2n) is 5.81. The lowest BCUT2D eigenvalue weighted by atomic mass is 10.2. The third kappa shape index (κ3) is 6.25. The number of likely N-dealkylation sites (tertiary alicyclic amines) is 1. The quantitative estimate of drug-likeness (QED) is 0.785. The molecule has 0 saturated carbocycles. The Hall–Kier alpha value is -1.42. The average molecular weight is 289 g/mol. The van der Waals surface area contributed by atoms with Gasteiger partial charge in [0.15, 0.2) is 0 Å². The third-order valence-electron chi connectivity index (χ3n) is 4.06. The van der Waals surface area contributed by atoms with Crippen molar-refractivity contribution in [3.63, 3.8) is 0 Å². The summed E-state index contributed by atoms with van der Waals surface area (Å²) in [5.74, 6) is -0.0179. The van der Waals surface area contributed by atoms with Crippen LogP contribution in [0.3, 0.4) is 0 Å². The van der Waals surface area contributed by atoms with Crippen molar-refractivity contribution in [2.24, 2.45) is 0 Å². The minimum Gasteiger partial charge on any atom is -0.352 e. The molecule has 1 aromatic heterocycles. The molecule has 2 heterocycles. The smallest absolute Gasteiger partial charge is 0.252 e. The van der Waals surface area contributed by atoms with Gasteiger partial charge in [0.2, 0.25) is 0 Å². The SMILES string of the molecule is O=C(NCCCCCN1CCCCCC1)c1cccnc1. The zero-order valence-corrected chi connectivity index (χ0v) is 12.9. The molecule has 1 N–H and O–H groups in total. The first kappa shape index (κ1) is 16.0. The van der Waals surface area contributed by atoms with E-state index in [2.05, 4.69) is 15.2 Å². The summed E-state index contributed by atoms with van der Waals surface area (Å²) in [6, 6.07) is 3.58. The van der Waals surface area contributed by atoms with Crippen LogP contribution in [0, 0.1) is 0 Å². The highest BCUT2D eigenvalue weighted by atomic mass is 16.1. The second-order valence-corrected chi connectivity index (χ2v) is 5.81. The molecule has 0 unspecified atom stereocenters. The zero-order chi connectivity index (χ0) is 14.8. The molecule has 1 aliphatic heterocycles. The van der Waals surface area contributed by atoms with E-state index in [1.165, 1.54) is 58.2 Å². The van der Waals surface area contributed by atoms with Crippen LogP contribution in [0.4, 0.5) is 0 Å². The highest BCUT2D eigenvalue weighted by molar-refractivity contribution is 5.93. The molecule has 0 spiro atoms. The van der Waals surface area contributed by atoms with Gasteiger partial charge in [0.25, 0.3) is 5.91 Å². The van der Waals surface area contributed by atoms with Crippen LogP contribution in [0.5, 0.6) is 0 Å². The number of nitrogens with one attached hydrogen (secondary N) is 1. The first-order chi connectivity index (χ1) is 10.4. The topological polar surface area (TPSA) is 45.2 Å².